The second-order valence-corrected chi connectivity index (χ2v) is 4.20. The normalized spacial score (nSPS) is 10.8. The summed E-state index contributed by atoms with van der Waals surface area (Å²) in [6.45, 7) is 1.43. The molecule has 0 aliphatic heterocycles. The number of rotatable bonds is 6. The molecule has 1 N–H and O–H groups in total. The molecule has 88 valence electrons. The Bertz CT molecular complexity index is 330. The van der Waals surface area contributed by atoms with Crippen LogP contribution in [0, 0.1) is 0 Å². The third kappa shape index (κ3) is 4.13. The van der Waals surface area contributed by atoms with Gasteiger partial charge in [0.1, 0.15) is 0 Å². The van der Waals surface area contributed by atoms with E-state index < -0.39 is 0 Å². The van der Waals surface area contributed by atoms with Crippen LogP contribution in [0.4, 0.5) is 0 Å². The molecule has 1 aromatic rings. The SMILES string of the molecule is CNCC(=O)c1ccc(CCN(C)C)cc1. The number of hydrogen-bond acceptors (Lipinski definition) is 3. The monoisotopic (exact) mass is 220 g/mol. The molecule has 0 fully saturated rings. The molecule has 0 heterocycles. The van der Waals surface area contributed by atoms with Crippen molar-refractivity contribution in [2.24, 2.45) is 0 Å². The Kier molecular flexibility index (Phi) is 5.15. The maximum Gasteiger partial charge on any atom is 0.176 e. The van der Waals surface area contributed by atoms with E-state index in [1.165, 1.54) is 5.56 Å². The molecule has 0 aliphatic carbocycles. The van der Waals surface area contributed by atoms with Gasteiger partial charge in [-0.25, -0.2) is 0 Å². The highest BCUT2D eigenvalue weighted by Crippen LogP contribution is 2.06. The van der Waals surface area contributed by atoms with Crippen LogP contribution < -0.4 is 5.32 Å². The van der Waals surface area contributed by atoms with Crippen molar-refractivity contribution >= 4 is 5.78 Å². The largest absolute Gasteiger partial charge is 0.313 e. The van der Waals surface area contributed by atoms with Crippen molar-refractivity contribution in [3.05, 3.63) is 35.4 Å². The molecule has 0 saturated carbocycles. The number of carbonyl (C=O) groups excluding carboxylic acids is 1. The van der Waals surface area contributed by atoms with E-state index in [-0.39, 0.29) is 5.78 Å². The van der Waals surface area contributed by atoms with Gasteiger partial charge in [-0.3, -0.25) is 4.79 Å². The summed E-state index contributed by atoms with van der Waals surface area (Å²) in [5, 5.41) is 2.86. The van der Waals surface area contributed by atoms with Gasteiger partial charge in [0, 0.05) is 12.1 Å². The van der Waals surface area contributed by atoms with Crippen molar-refractivity contribution in [3.63, 3.8) is 0 Å². The first-order valence-electron chi connectivity index (χ1n) is 5.55. The second kappa shape index (κ2) is 6.40. The summed E-state index contributed by atoms with van der Waals surface area (Å²) in [4.78, 5) is 13.7. The number of Topliss-reactive ketones (excluding diaryl/α,β-unsaturated/α-hetero) is 1. The predicted molar refractivity (Wildman–Crippen MR) is 67.0 cm³/mol. The van der Waals surface area contributed by atoms with E-state index in [1.807, 2.05) is 24.3 Å². The molecule has 0 amide bonds. The topological polar surface area (TPSA) is 32.3 Å². The van der Waals surface area contributed by atoms with Crippen LogP contribution in [0.3, 0.4) is 0 Å². The zero-order valence-corrected chi connectivity index (χ0v) is 10.3. The van der Waals surface area contributed by atoms with Gasteiger partial charge in [0.15, 0.2) is 5.78 Å². The highest BCUT2D eigenvalue weighted by molar-refractivity contribution is 5.97. The fourth-order valence-electron chi connectivity index (χ4n) is 1.47. The first kappa shape index (κ1) is 12.9. The van der Waals surface area contributed by atoms with Crippen molar-refractivity contribution < 1.29 is 4.79 Å². The van der Waals surface area contributed by atoms with Crippen LogP contribution in [-0.4, -0.2) is 44.9 Å². The summed E-state index contributed by atoms with van der Waals surface area (Å²) in [7, 11) is 5.90. The number of likely N-dealkylation sites (N-methyl/N-ethyl adjacent to an activating group) is 2. The molecule has 1 rings (SSSR count). The Labute approximate surface area is 97.5 Å². The molecule has 0 saturated heterocycles. The van der Waals surface area contributed by atoms with Gasteiger partial charge >= 0.3 is 0 Å². The zero-order valence-electron chi connectivity index (χ0n) is 10.3. The molecule has 0 bridgehead atoms. The lowest BCUT2D eigenvalue weighted by Gasteiger charge is -2.09. The highest BCUT2D eigenvalue weighted by Gasteiger charge is 2.03. The molecule has 0 atom stereocenters. The number of ketones is 1. The maximum absolute atomic E-state index is 11.6. The molecule has 3 heteroatoms. The lowest BCUT2D eigenvalue weighted by molar-refractivity contribution is 0.0993. The first-order valence-corrected chi connectivity index (χ1v) is 5.55. The molecule has 3 nitrogen and oxygen atoms in total. The average Bonchev–Trinajstić information content (AvgIpc) is 2.27. The second-order valence-electron chi connectivity index (χ2n) is 4.20. The predicted octanol–water partition coefficient (Wildman–Crippen LogP) is 1.19. The van der Waals surface area contributed by atoms with Crippen molar-refractivity contribution in [1.82, 2.24) is 10.2 Å². The van der Waals surface area contributed by atoms with E-state index in [0.29, 0.717) is 6.54 Å². The van der Waals surface area contributed by atoms with Gasteiger partial charge in [-0.05, 0) is 33.1 Å². The Morgan fingerprint density at radius 1 is 1.25 bits per heavy atom. The van der Waals surface area contributed by atoms with Crippen molar-refractivity contribution in [1.29, 1.82) is 0 Å². The van der Waals surface area contributed by atoms with Crippen molar-refractivity contribution in [2.45, 2.75) is 6.42 Å². The third-order valence-corrected chi connectivity index (χ3v) is 2.46. The number of nitrogens with one attached hydrogen (secondary N) is 1. The van der Waals surface area contributed by atoms with Crippen LogP contribution >= 0.6 is 0 Å². The Morgan fingerprint density at radius 2 is 1.88 bits per heavy atom. The molecule has 0 spiro atoms. The summed E-state index contributed by atoms with van der Waals surface area (Å²) in [6, 6.07) is 7.88. The molecule has 0 aliphatic rings. The van der Waals surface area contributed by atoms with Crippen LogP contribution in [0.15, 0.2) is 24.3 Å². The molecular formula is C13H20N2O. The minimum absolute atomic E-state index is 0.140. The first-order chi connectivity index (χ1) is 7.63. The summed E-state index contributed by atoms with van der Waals surface area (Å²) in [5.74, 6) is 0.140. The molecule has 0 aromatic heterocycles. The van der Waals surface area contributed by atoms with Crippen LogP contribution in [0.25, 0.3) is 0 Å². The van der Waals surface area contributed by atoms with E-state index in [1.54, 1.807) is 7.05 Å². The van der Waals surface area contributed by atoms with Crippen LogP contribution in [0.1, 0.15) is 15.9 Å². The Hall–Kier alpha value is -1.19. The molecule has 0 radical (unpaired) electrons. The average molecular weight is 220 g/mol. The number of nitrogens with zero attached hydrogens (tertiary/aromatic N) is 1. The zero-order chi connectivity index (χ0) is 12.0. The lowest BCUT2D eigenvalue weighted by Crippen LogP contribution is -2.18. The van der Waals surface area contributed by atoms with E-state index in [2.05, 4.69) is 24.3 Å². The van der Waals surface area contributed by atoms with Gasteiger partial charge in [0.05, 0.1) is 6.54 Å². The van der Waals surface area contributed by atoms with E-state index in [4.69, 9.17) is 0 Å². The summed E-state index contributed by atoms with van der Waals surface area (Å²) < 4.78 is 0. The van der Waals surface area contributed by atoms with Gasteiger partial charge in [0.2, 0.25) is 0 Å². The van der Waals surface area contributed by atoms with E-state index in [0.717, 1.165) is 18.5 Å². The molecule has 16 heavy (non-hydrogen) atoms. The number of carbonyl (C=O) groups is 1. The molecular weight excluding hydrogens is 200 g/mol. The van der Waals surface area contributed by atoms with Crippen LogP contribution in [-0.2, 0) is 6.42 Å². The number of benzene rings is 1. The fraction of sp³-hybridized carbons (Fsp3) is 0.462. The smallest absolute Gasteiger partial charge is 0.176 e. The van der Waals surface area contributed by atoms with Crippen molar-refractivity contribution in [3.8, 4) is 0 Å². The number of hydrogen-bond donors (Lipinski definition) is 1. The van der Waals surface area contributed by atoms with E-state index >= 15 is 0 Å². The minimum Gasteiger partial charge on any atom is -0.313 e. The summed E-state index contributed by atoms with van der Waals surface area (Å²) >= 11 is 0. The lowest BCUT2D eigenvalue weighted by atomic mass is 10.1. The Morgan fingerprint density at radius 3 is 2.38 bits per heavy atom. The summed E-state index contributed by atoms with van der Waals surface area (Å²) in [6.07, 6.45) is 1.02. The van der Waals surface area contributed by atoms with Gasteiger partial charge < -0.3 is 10.2 Å². The van der Waals surface area contributed by atoms with Gasteiger partial charge in [-0.1, -0.05) is 24.3 Å². The standard InChI is InChI=1S/C13H20N2O/c1-14-10-13(16)12-6-4-11(5-7-12)8-9-15(2)3/h4-7,14H,8-10H2,1-3H3. The summed E-state index contributed by atoms with van der Waals surface area (Å²) in [5.41, 5.74) is 2.05. The van der Waals surface area contributed by atoms with Gasteiger partial charge in [0.25, 0.3) is 0 Å². The maximum atomic E-state index is 11.6. The quantitative estimate of drug-likeness (QED) is 0.731. The van der Waals surface area contributed by atoms with Crippen LogP contribution in [0.5, 0.6) is 0 Å². The molecule has 1 aromatic carbocycles. The fourth-order valence-corrected chi connectivity index (χ4v) is 1.47. The Balaban J connectivity index is 2.57. The van der Waals surface area contributed by atoms with Crippen molar-refractivity contribution in [2.75, 3.05) is 34.2 Å². The van der Waals surface area contributed by atoms with Gasteiger partial charge in [-0.15, -0.1) is 0 Å². The third-order valence-electron chi connectivity index (χ3n) is 2.46. The highest BCUT2D eigenvalue weighted by atomic mass is 16.1. The van der Waals surface area contributed by atoms with Gasteiger partial charge in [-0.2, -0.15) is 0 Å². The van der Waals surface area contributed by atoms with Crippen LogP contribution in [0.2, 0.25) is 0 Å². The molecule has 0 unspecified atom stereocenters. The minimum atomic E-state index is 0.140. The van der Waals surface area contributed by atoms with E-state index in [9.17, 15) is 4.79 Å².